The van der Waals surface area contributed by atoms with E-state index >= 15 is 0 Å². The Morgan fingerprint density at radius 2 is 1.96 bits per heavy atom. The van der Waals surface area contributed by atoms with Gasteiger partial charge in [0.15, 0.2) is 6.61 Å². The van der Waals surface area contributed by atoms with Crippen molar-refractivity contribution in [1.29, 1.82) is 0 Å². The molecule has 0 bridgehead atoms. The largest absolute Gasteiger partial charge is 0.467 e. The molecule has 0 unspecified atom stereocenters. The molecular formula is C13H20Cl2F3N3O3. The van der Waals surface area contributed by atoms with E-state index in [9.17, 15) is 18.0 Å². The molecule has 1 heterocycles. The van der Waals surface area contributed by atoms with Crippen molar-refractivity contribution < 1.29 is 27.4 Å². The molecule has 11 heteroatoms. The maximum absolute atomic E-state index is 12.2. The van der Waals surface area contributed by atoms with Crippen LogP contribution >= 0.6 is 24.8 Å². The lowest BCUT2D eigenvalue weighted by molar-refractivity contribution is -0.154. The fraction of sp³-hybridized carbons (Fsp3) is 0.538. The average Bonchev–Trinajstić information content (AvgIpc) is 2.48. The van der Waals surface area contributed by atoms with Crippen LogP contribution in [0.2, 0.25) is 0 Å². The zero-order valence-electron chi connectivity index (χ0n) is 12.9. The van der Waals surface area contributed by atoms with Crippen molar-refractivity contribution in [2.45, 2.75) is 6.18 Å². The van der Waals surface area contributed by atoms with E-state index in [1.54, 1.807) is 7.11 Å². The highest BCUT2D eigenvalue weighted by Gasteiger charge is 2.29. The Bertz CT molecular complexity index is 479. The molecule has 0 fully saturated rings. The number of nitrogens with zero attached hydrogens (tertiary/aromatic N) is 1. The summed E-state index contributed by atoms with van der Waals surface area (Å²) in [6.45, 7) is 0.512. The van der Waals surface area contributed by atoms with Crippen molar-refractivity contribution in [3.63, 3.8) is 0 Å². The van der Waals surface area contributed by atoms with E-state index < -0.39 is 18.7 Å². The van der Waals surface area contributed by atoms with Crippen LogP contribution < -0.4 is 15.4 Å². The van der Waals surface area contributed by atoms with Gasteiger partial charge in [-0.15, -0.1) is 24.8 Å². The van der Waals surface area contributed by atoms with E-state index in [0.717, 1.165) is 0 Å². The van der Waals surface area contributed by atoms with E-state index in [2.05, 4.69) is 20.4 Å². The Morgan fingerprint density at radius 1 is 1.25 bits per heavy atom. The Hall–Kier alpha value is -1.29. The van der Waals surface area contributed by atoms with Gasteiger partial charge in [0.05, 0.1) is 6.61 Å². The zero-order chi connectivity index (χ0) is 16.4. The summed E-state index contributed by atoms with van der Waals surface area (Å²) in [5.74, 6) is -0.886. The van der Waals surface area contributed by atoms with E-state index in [4.69, 9.17) is 4.74 Å². The molecule has 2 N–H and O–H groups in total. The molecule has 140 valence electrons. The summed E-state index contributed by atoms with van der Waals surface area (Å²) in [5, 5.41) is 5.59. The number of hydrogen-bond donors (Lipinski definition) is 2. The number of carbonyl (C=O) groups is 1. The molecule has 0 aliphatic heterocycles. The highest BCUT2D eigenvalue weighted by molar-refractivity contribution is 5.96. The first-order valence-electron chi connectivity index (χ1n) is 6.56. The average molecular weight is 394 g/mol. The molecule has 0 saturated carbocycles. The number of alkyl halides is 3. The number of ether oxygens (including phenoxy) is 2. The molecule has 24 heavy (non-hydrogen) atoms. The second-order valence-electron chi connectivity index (χ2n) is 4.26. The van der Waals surface area contributed by atoms with Gasteiger partial charge >= 0.3 is 6.18 Å². The predicted octanol–water partition coefficient (Wildman–Crippen LogP) is 1.83. The van der Waals surface area contributed by atoms with E-state index in [0.29, 0.717) is 26.2 Å². The zero-order valence-corrected chi connectivity index (χ0v) is 14.5. The Morgan fingerprint density at radius 3 is 2.58 bits per heavy atom. The van der Waals surface area contributed by atoms with Crippen LogP contribution in [0.1, 0.15) is 10.4 Å². The number of amides is 1. The molecular weight excluding hydrogens is 374 g/mol. The van der Waals surface area contributed by atoms with Gasteiger partial charge in [-0.25, -0.2) is 4.98 Å². The summed E-state index contributed by atoms with van der Waals surface area (Å²) in [5.41, 5.74) is -0.0383. The molecule has 1 aromatic rings. The third-order valence-electron chi connectivity index (χ3n) is 2.46. The predicted molar refractivity (Wildman–Crippen MR) is 87.4 cm³/mol. The lowest BCUT2D eigenvalue weighted by Gasteiger charge is -2.12. The van der Waals surface area contributed by atoms with Crippen molar-refractivity contribution in [3.8, 4) is 5.88 Å². The SMILES string of the molecule is COCCNCCNC(=O)c1cccnc1OCC(F)(F)F.Cl.Cl. The van der Waals surface area contributed by atoms with Crippen LogP contribution in [0.25, 0.3) is 0 Å². The molecule has 6 nitrogen and oxygen atoms in total. The minimum atomic E-state index is -4.49. The summed E-state index contributed by atoms with van der Waals surface area (Å²) < 4.78 is 45.9. The summed E-state index contributed by atoms with van der Waals surface area (Å²) >= 11 is 0. The molecule has 0 atom stereocenters. The Balaban J connectivity index is 0. The van der Waals surface area contributed by atoms with Gasteiger partial charge in [-0.2, -0.15) is 13.2 Å². The number of methoxy groups -OCH3 is 1. The minimum Gasteiger partial charge on any atom is -0.467 e. The standard InChI is InChI=1S/C13H18F3N3O3.2ClH/c1-21-8-7-17-5-6-18-11(20)10-3-2-4-19-12(10)22-9-13(14,15)16;;/h2-4,17H,5-9H2,1H3,(H,18,20);2*1H. The van der Waals surface area contributed by atoms with Crippen LogP contribution in [0.3, 0.4) is 0 Å². The number of aromatic nitrogens is 1. The fourth-order valence-electron chi connectivity index (χ4n) is 1.49. The molecule has 0 aliphatic rings. The molecule has 1 rings (SSSR count). The molecule has 0 saturated heterocycles. The van der Waals surface area contributed by atoms with Crippen molar-refractivity contribution >= 4 is 30.7 Å². The van der Waals surface area contributed by atoms with Gasteiger partial charge in [0.1, 0.15) is 5.56 Å². The van der Waals surface area contributed by atoms with Crippen molar-refractivity contribution in [3.05, 3.63) is 23.9 Å². The lowest BCUT2D eigenvalue weighted by Crippen LogP contribution is -2.33. The first kappa shape index (κ1) is 25.0. The van der Waals surface area contributed by atoms with Crippen LogP contribution in [0.5, 0.6) is 5.88 Å². The van der Waals surface area contributed by atoms with Crippen LogP contribution in [-0.4, -0.2) is 57.0 Å². The lowest BCUT2D eigenvalue weighted by atomic mass is 10.2. The molecule has 0 spiro atoms. The highest BCUT2D eigenvalue weighted by Crippen LogP contribution is 2.19. The molecule has 0 radical (unpaired) electrons. The number of halogens is 5. The third-order valence-corrected chi connectivity index (χ3v) is 2.46. The van der Waals surface area contributed by atoms with Crippen LogP contribution in [-0.2, 0) is 4.74 Å². The normalized spacial score (nSPS) is 10.3. The molecule has 1 aromatic heterocycles. The van der Waals surface area contributed by atoms with E-state index in [1.165, 1.54) is 18.3 Å². The van der Waals surface area contributed by atoms with Crippen molar-refractivity contribution in [2.24, 2.45) is 0 Å². The Labute approximate surface area is 150 Å². The quantitative estimate of drug-likeness (QED) is 0.626. The maximum Gasteiger partial charge on any atom is 0.422 e. The molecule has 1 amide bonds. The monoisotopic (exact) mass is 393 g/mol. The van der Waals surface area contributed by atoms with Gasteiger partial charge in [0, 0.05) is 32.9 Å². The van der Waals surface area contributed by atoms with Gasteiger partial charge in [0.25, 0.3) is 5.91 Å². The summed E-state index contributed by atoms with van der Waals surface area (Å²) in [4.78, 5) is 15.6. The number of rotatable bonds is 9. The first-order valence-corrected chi connectivity index (χ1v) is 6.56. The fourth-order valence-corrected chi connectivity index (χ4v) is 1.49. The van der Waals surface area contributed by atoms with Gasteiger partial charge in [0.2, 0.25) is 5.88 Å². The number of pyridine rings is 1. The number of carbonyl (C=O) groups excluding carboxylic acids is 1. The summed E-state index contributed by atoms with van der Waals surface area (Å²) in [6.07, 6.45) is -3.23. The van der Waals surface area contributed by atoms with Crippen molar-refractivity contribution in [2.75, 3.05) is 40.0 Å². The van der Waals surface area contributed by atoms with E-state index in [1.807, 2.05) is 0 Å². The number of nitrogens with one attached hydrogen (secondary N) is 2. The Kier molecular flexibility index (Phi) is 13.6. The smallest absolute Gasteiger partial charge is 0.422 e. The third kappa shape index (κ3) is 10.5. The molecule has 0 aliphatic carbocycles. The van der Waals surface area contributed by atoms with Crippen molar-refractivity contribution in [1.82, 2.24) is 15.6 Å². The van der Waals surface area contributed by atoms with Gasteiger partial charge < -0.3 is 20.1 Å². The number of hydrogen-bond acceptors (Lipinski definition) is 5. The minimum absolute atomic E-state index is 0. The van der Waals surface area contributed by atoms with Gasteiger partial charge in [-0.1, -0.05) is 0 Å². The molecule has 0 aromatic carbocycles. The summed E-state index contributed by atoms with van der Waals surface area (Å²) in [6, 6.07) is 2.80. The van der Waals surface area contributed by atoms with Crippen LogP contribution in [0, 0.1) is 0 Å². The maximum atomic E-state index is 12.2. The second-order valence-corrected chi connectivity index (χ2v) is 4.26. The van der Waals surface area contributed by atoms with Gasteiger partial charge in [-0.05, 0) is 12.1 Å². The second kappa shape index (κ2) is 13.1. The van der Waals surface area contributed by atoms with Gasteiger partial charge in [-0.3, -0.25) is 4.79 Å². The first-order chi connectivity index (χ1) is 10.4. The topological polar surface area (TPSA) is 72.5 Å². The van der Waals surface area contributed by atoms with Crippen LogP contribution in [0.15, 0.2) is 18.3 Å². The summed E-state index contributed by atoms with van der Waals surface area (Å²) in [7, 11) is 1.58. The van der Waals surface area contributed by atoms with E-state index in [-0.39, 0.29) is 36.3 Å². The highest BCUT2D eigenvalue weighted by atomic mass is 35.5. The van der Waals surface area contributed by atoms with Crippen LogP contribution in [0.4, 0.5) is 13.2 Å².